The molecule has 2 nitrogen and oxygen atoms in total. The molecule has 3 atom stereocenters. The van der Waals surface area contributed by atoms with Crippen LogP contribution in [0.2, 0.25) is 0 Å². The lowest BCUT2D eigenvalue weighted by Crippen LogP contribution is -2.22. The third-order valence-electron chi connectivity index (χ3n) is 3.22. The minimum absolute atomic E-state index is 0.223. The summed E-state index contributed by atoms with van der Waals surface area (Å²) >= 11 is 0. The fraction of sp³-hybridized carbons (Fsp3) is 0.643. The predicted octanol–water partition coefficient (Wildman–Crippen LogP) is 3.10. The van der Waals surface area contributed by atoms with Crippen LogP contribution < -0.4 is 0 Å². The van der Waals surface area contributed by atoms with Crippen LogP contribution in [0.5, 0.6) is 0 Å². The van der Waals surface area contributed by atoms with Crippen molar-refractivity contribution in [1.29, 1.82) is 0 Å². The van der Waals surface area contributed by atoms with E-state index in [1.807, 2.05) is 26.8 Å². The van der Waals surface area contributed by atoms with Gasteiger partial charge in [-0.25, -0.2) is 4.79 Å². The number of ether oxygens (including phenoxy) is 1. The van der Waals surface area contributed by atoms with Crippen molar-refractivity contribution in [2.75, 3.05) is 0 Å². The Morgan fingerprint density at radius 2 is 2.06 bits per heavy atom. The van der Waals surface area contributed by atoms with Gasteiger partial charge >= 0.3 is 5.97 Å². The van der Waals surface area contributed by atoms with Gasteiger partial charge in [0.05, 0.1) is 0 Å². The lowest BCUT2D eigenvalue weighted by Gasteiger charge is -2.18. The van der Waals surface area contributed by atoms with Crippen molar-refractivity contribution in [3.05, 3.63) is 24.3 Å². The fourth-order valence-electron chi connectivity index (χ4n) is 2.58. The number of rotatable bonds is 2. The zero-order valence-electron chi connectivity index (χ0n) is 10.3. The first-order chi connectivity index (χ1) is 7.44. The summed E-state index contributed by atoms with van der Waals surface area (Å²) in [5.74, 6) is 1.73. The van der Waals surface area contributed by atoms with Crippen molar-refractivity contribution in [3.63, 3.8) is 0 Å². The molecule has 1 fully saturated rings. The summed E-state index contributed by atoms with van der Waals surface area (Å²) in [6, 6.07) is 0. The molecule has 1 saturated carbocycles. The first kappa shape index (κ1) is 11.4. The van der Waals surface area contributed by atoms with E-state index in [4.69, 9.17) is 4.74 Å². The highest BCUT2D eigenvalue weighted by atomic mass is 16.6. The topological polar surface area (TPSA) is 26.3 Å². The van der Waals surface area contributed by atoms with E-state index in [1.54, 1.807) is 6.08 Å². The number of allylic oxidation sites excluding steroid dienone is 3. The SMILES string of the molecule is CC(C)(C)OC(=O)/C=C/[C@@H]1C[C@H]2C=C[C@@H]1C2. The van der Waals surface area contributed by atoms with Crippen LogP contribution in [0.1, 0.15) is 33.6 Å². The van der Waals surface area contributed by atoms with E-state index >= 15 is 0 Å². The number of hydrogen-bond donors (Lipinski definition) is 0. The van der Waals surface area contributed by atoms with E-state index in [-0.39, 0.29) is 5.97 Å². The predicted molar refractivity (Wildman–Crippen MR) is 63.8 cm³/mol. The molecule has 2 heteroatoms. The summed E-state index contributed by atoms with van der Waals surface area (Å²) < 4.78 is 5.23. The highest BCUT2D eigenvalue weighted by Crippen LogP contribution is 2.43. The third kappa shape index (κ3) is 2.75. The van der Waals surface area contributed by atoms with Crippen molar-refractivity contribution in [2.45, 2.75) is 39.2 Å². The normalized spacial score (nSPS) is 32.6. The first-order valence-corrected chi connectivity index (χ1v) is 6.03. The molecule has 2 aliphatic carbocycles. The molecule has 0 aromatic carbocycles. The zero-order valence-corrected chi connectivity index (χ0v) is 10.3. The van der Waals surface area contributed by atoms with Crippen LogP contribution in [0.4, 0.5) is 0 Å². The standard InChI is InChI=1S/C14H20O2/c1-14(2,3)16-13(15)7-6-12-9-10-4-5-11(12)8-10/h4-7,10-12H,8-9H2,1-3H3/b7-6+/t10-,11+,12+/m0/s1. The van der Waals surface area contributed by atoms with Crippen LogP contribution in [0.15, 0.2) is 24.3 Å². The van der Waals surface area contributed by atoms with Crippen molar-refractivity contribution < 1.29 is 9.53 Å². The summed E-state index contributed by atoms with van der Waals surface area (Å²) in [5, 5.41) is 0. The number of hydrogen-bond acceptors (Lipinski definition) is 2. The van der Waals surface area contributed by atoms with E-state index in [0.29, 0.717) is 11.8 Å². The Hall–Kier alpha value is -1.05. The maximum absolute atomic E-state index is 11.5. The number of fused-ring (bicyclic) bond motifs is 2. The molecule has 0 aliphatic heterocycles. The smallest absolute Gasteiger partial charge is 0.330 e. The maximum Gasteiger partial charge on any atom is 0.330 e. The van der Waals surface area contributed by atoms with E-state index in [0.717, 1.165) is 5.92 Å². The molecule has 2 bridgehead atoms. The van der Waals surface area contributed by atoms with Gasteiger partial charge in [0.2, 0.25) is 0 Å². The number of carbonyl (C=O) groups excluding carboxylic acids is 1. The number of esters is 1. The van der Waals surface area contributed by atoms with E-state index in [9.17, 15) is 4.79 Å². The van der Waals surface area contributed by atoms with Gasteiger partial charge in [-0.2, -0.15) is 0 Å². The van der Waals surface area contributed by atoms with Gasteiger partial charge in [0.25, 0.3) is 0 Å². The minimum atomic E-state index is -0.393. The summed E-state index contributed by atoms with van der Waals surface area (Å²) in [6.45, 7) is 5.66. The van der Waals surface area contributed by atoms with E-state index in [2.05, 4.69) is 12.2 Å². The van der Waals surface area contributed by atoms with Gasteiger partial charge in [0.15, 0.2) is 0 Å². The molecule has 0 N–H and O–H groups in total. The minimum Gasteiger partial charge on any atom is -0.457 e. The van der Waals surface area contributed by atoms with Crippen molar-refractivity contribution >= 4 is 5.97 Å². The van der Waals surface area contributed by atoms with Gasteiger partial charge in [0, 0.05) is 6.08 Å². The van der Waals surface area contributed by atoms with Crippen molar-refractivity contribution in [3.8, 4) is 0 Å². The molecule has 0 heterocycles. The van der Waals surface area contributed by atoms with Gasteiger partial charge in [0.1, 0.15) is 5.60 Å². The Balaban J connectivity index is 1.86. The van der Waals surface area contributed by atoms with E-state index < -0.39 is 5.60 Å². The fourth-order valence-corrected chi connectivity index (χ4v) is 2.58. The Morgan fingerprint density at radius 1 is 1.31 bits per heavy atom. The van der Waals surface area contributed by atoms with Crippen LogP contribution in [-0.2, 0) is 9.53 Å². The quantitative estimate of drug-likeness (QED) is 0.406. The van der Waals surface area contributed by atoms with Gasteiger partial charge in [-0.1, -0.05) is 18.2 Å². The Kier molecular flexibility index (Phi) is 2.92. The zero-order chi connectivity index (χ0) is 11.8. The molecule has 0 spiro atoms. The molecule has 0 amide bonds. The van der Waals surface area contributed by atoms with Crippen LogP contribution in [0, 0.1) is 17.8 Å². The number of carbonyl (C=O) groups is 1. The molecule has 16 heavy (non-hydrogen) atoms. The van der Waals surface area contributed by atoms with Gasteiger partial charge in [-0.05, 0) is 51.4 Å². The lowest BCUT2D eigenvalue weighted by molar-refractivity contribution is -0.148. The second kappa shape index (κ2) is 4.08. The monoisotopic (exact) mass is 220 g/mol. The average molecular weight is 220 g/mol. The first-order valence-electron chi connectivity index (χ1n) is 6.03. The average Bonchev–Trinajstić information content (AvgIpc) is 2.72. The molecule has 0 aromatic rings. The molecule has 2 aliphatic rings. The molecule has 2 rings (SSSR count). The summed E-state index contributed by atoms with van der Waals surface area (Å²) in [5.41, 5.74) is -0.393. The van der Waals surface area contributed by atoms with Crippen LogP contribution >= 0.6 is 0 Å². The Morgan fingerprint density at radius 3 is 2.56 bits per heavy atom. The Labute approximate surface area is 97.4 Å². The van der Waals surface area contributed by atoms with Gasteiger partial charge in [-0.3, -0.25) is 0 Å². The molecular formula is C14H20O2. The molecule has 0 saturated heterocycles. The molecule has 0 aromatic heterocycles. The summed E-state index contributed by atoms with van der Waals surface area (Å²) in [7, 11) is 0. The second-order valence-corrected chi connectivity index (χ2v) is 5.84. The Bertz CT molecular complexity index is 333. The lowest BCUT2D eigenvalue weighted by atomic mass is 9.93. The van der Waals surface area contributed by atoms with Crippen LogP contribution in [0.3, 0.4) is 0 Å². The molecule has 0 unspecified atom stereocenters. The molecular weight excluding hydrogens is 200 g/mol. The maximum atomic E-state index is 11.5. The highest BCUT2D eigenvalue weighted by Gasteiger charge is 2.33. The highest BCUT2D eigenvalue weighted by molar-refractivity contribution is 5.82. The van der Waals surface area contributed by atoms with E-state index in [1.165, 1.54) is 12.8 Å². The largest absolute Gasteiger partial charge is 0.457 e. The van der Waals surface area contributed by atoms with Crippen LogP contribution in [0.25, 0.3) is 0 Å². The summed E-state index contributed by atoms with van der Waals surface area (Å²) in [6.07, 6.45) is 10.7. The van der Waals surface area contributed by atoms with Crippen LogP contribution in [-0.4, -0.2) is 11.6 Å². The van der Waals surface area contributed by atoms with Crippen molar-refractivity contribution in [1.82, 2.24) is 0 Å². The van der Waals surface area contributed by atoms with Gasteiger partial charge in [-0.15, -0.1) is 0 Å². The van der Waals surface area contributed by atoms with Crippen molar-refractivity contribution in [2.24, 2.45) is 17.8 Å². The second-order valence-electron chi connectivity index (χ2n) is 5.84. The van der Waals surface area contributed by atoms with Gasteiger partial charge < -0.3 is 4.74 Å². The third-order valence-corrected chi connectivity index (χ3v) is 3.22. The molecule has 0 radical (unpaired) electrons. The summed E-state index contributed by atoms with van der Waals surface area (Å²) in [4.78, 5) is 11.5. The molecule has 88 valence electrons.